The van der Waals surface area contributed by atoms with Gasteiger partial charge in [0, 0.05) is 18.7 Å². The Labute approximate surface area is 188 Å². The molecule has 2 aromatic carbocycles. The van der Waals surface area contributed by atoms with Gasteiger partial charge in [0.2, 0.25) is 0 Å². The highest BCUT2D eigenvalue weighted by atomic mass is 19.2. The molecule has 0 saturated heterocycles. The Kier molecular flexibility index (Phi) is 5.24. The molecule has 0 bridgehead atoms. The van der Waals surface area contributed by atoms with E-state index >= 15 is 0 Å². The van der Waals surface area contributed by atoms with Crippen LogP contribution in [0.2, 0.25) is 0 Å². The Morgan fingerprint density at radius 2 is 1.88 bits per heavy atom. The average molecular weight is 451 g/mol. The minimum atomic E-state index is -1.47. The Hall–Kier alpha value is -3.88. The van der Waals surface area contributed by atoms with Gasteiger partial charge in [-0.3, -0.25) is 0 Å². The summed E-state index contributed by atoms with van der Waals surface area (Å²) in [5, 5.41) is 4.47. The first-order valence-corrected chi connectivity index (χ1v) is 10.4. The van der Waals surface area contributed by atoms with Crippen LogP contribution in [0.15, 0.2) is 42.9 Å². The molecule has 1 atom stereocenters. The minimum Gasteiger partial charge on any atom is -0.495 e. The van der Waals surface area contributed by atoms with Crippen molar-refractivity contribution in [3.05, 3.63) is 88.8 Å². The summed E-state index contributed by atoms with van der Waals surface area (Å²) in [5.41, 5.74) is 3.02. The van der Waals surface area contributed by atoms with Crippen molar-refractivity contribution < 1.29 is 17.9 Å². The number of hydrogen-bond donors (Lipinski definition) is 0. The molecule has 0 unspecified atom stereocenters. The fourth-order valence-corrected chi connectivity index (χ4v) is 4.07. The van der Waals surface area contributed by atoms with E-state index in [9.17, 15) is 13.2 Å². The van der Waals surface area contributed by atoms with Crippen LogP contribution in [0, 0.1) is 24.4 Å². The molecule has 0 fully saturated rings. The van der Waals surface area contributed by atoms with E-state index in [4.69, 9.17) is 4.74 Å². The maximum absolute atomic E-state index is 13.7. The molecule has 0 aliphatic carbocycles. The average Bonchev–Trinajstić information content (AvgIpc) is 3.51. The Morgan fingerprint density at radius 1 is 1.09 bits per heavy atom. The van der Waals surface area contributed by atoms with Crippen molar-refractivity contribution in [3.63, 3.8) is 0 Å². The fourth-order valence-electron chi connectivity index (χ4n) is 4.07. The molecule has 33 heavy (non-hydrogen) atoms. The van der Waals surface area contributed by atoms with Crippen molar-refractivity contribution in [2.45, 2.75) is 25.8 Å². The van der Waals surface area contributed by atoms with Crippen LogP contribution < -0.4 is 4.74 Å². The standard InChI is InChI=1S/C24H20F3N5O/c1-14-12-31(13-28-14)20-5-3-15(9-21(20)33-2)4-6-22-29-24-17(7-8-32(24)30-22)16-10-18(25)23(27)19(26)11-16/h3-6,9-13,17H,7-8H2,1-2H3/t17-/m0/s1. The van der Waals surface area contributed by atoms with Gasteiger partial charge < -0.3 is 9.30 Å². The first kappa shape index (κ1) is 21.0. The molecule has 0 N–H and O–H groups in total. The number of ether oxygens (including phenoxy) is 1. The van der Waals surface area contributed by atoms with Crippen LogP contribution in [0.1, 0.15) is 40.8 Å². The van der Waals surface area contributed by atoms with Gasteiger partial charge in [-0.15, -0.1) is 0 Å². The van der Waals surface area contributed by atoms with Crippen LogP contribution >= 0.6 is 0 Å². The van der Waals surface area contributed by atoms with Crippen LogP contribution in [-0.4, -0.2) is 31.4 Å². The monoisotopic (exact) mass is 451 g/mol. The third kappa shape index (κ3) is 3.90. The maximum Gasteiger partial charge on any atom is 0.194 e. The van der Waals surface area contributed by atoms with Gasteiger partial charge in [-0.25, -0.2) is 27.8 Å². The van der Waals surface area contributed by atoms with Crippen molar-refractivity contribution in [1.82, 2.24) is 24.3 Å². The van der Waals surface area contributed by atoms with Crippen molar-refractivity contribution in [3.8, 4) is 11.4 Å². The zero-order valence-corrected chi connectivity index (χ0v) is 18.0. The van der Waals surface area contributed by atoms with Crippen molar-refractivity contribution in [2.24, 2.45) is 0 Å². The first-order valence-electron chi connectivity index (χ1n) is 10.4. The van der Waals surface area contributed by atoms with Gasteiger partial charge in [0.05, 0.1) is 24.8 Å². The van der Waals surface area contributed by atoms with E-state index in [1.54, 1.807) is 24.2 Å². The molecule has 168 valence electrons. The lowest BCUT2D eigenvalue weighted by molar-refractivity contribution is 0.413. The third-order valence-corrected chi connectivity index (χ3v) is 5.68. The zero-order chi connectivity index (χ0) is 23.1. The topological polar surface area (TPSA) is 57.8 Å². The van der Waals surface area contributed by atoms with Crippen LogP contribution in [0.5, 0.6) is 5.75 Å². The summed E-state index contributed by atoms with van der Waals surface area (Å²) < 4.78 is 49.9. The lowest BCUT2D eigenvalue weighted by atomic mass is 9.97. The highest BCUT2D eigenvalue weighted by Crippen LogP contribution is 2.34. The molecule has 6 nitrogen and oxygen atoms in total. The molecule has 0 amide bonds. The van der Waals surface area contributed by atoms with Gasteiger partial charge in [0.15, 0.2) is 23.3 Å². The number of imidazole rings is 1. The molecule has 0 saturated carbocycles. The second-order valence-electron chi connectivity index (χ2n) is 7.88. The molecule has 0 spiro atoms. The van der Waals surface area contributed by atoms with Gasteiger partial charge in [-0.05, 0) is 54.8 Å². The number of halogens is 3. The molecule has 0 radical (unpaired) electrons. The van der Waals surface area contributed by atoms with Crippen LogP contribution in [0.3, 0.4) is 0 Å². The molecular weight excluding hydrogens is 431 g/mol. The van der Waals surface area contributed by atoms with Crippen LogP contribution in [0.4, 0.5) is 13.2 Å². The van der Waals surface area contributed by atoms with Crippen molar-refractivity contribution in [2.75, 3.05) is 7.11 Å². The molecule has 5 rings (SSSR count). The number of aryl methyl sites for hydroxylation is 2. The zero-order valence-electron chi connectivity index (χ0n) is 18.0. The van der Waals surface area contributed by atoms with E-state index in [1.807, 2.05) is 42.0 Å². The number of hydrogen-bond acceptors (Lipinski definition) is 4. The number of nitrogens with zero attached hydrogens (tertiary/aromatic N) is 5. The van der Waals surface area contributed by atoms with Gasteiger partial charge in [0.25, 0.3) is 0 Å². The summed E-state index contributed by atoms with van der Waals surface area (Å²) in [7, 11) is 1.61. The van der Waals surface area contributed by atoms with Gasteiger partial charge in [-0.2, -0.15) is 5.10 Å². The highest BCUT2D eigenvalue weighted by molar-refractivity contribution is 5.69. The number of rotatable bonds is 5. The molecule has 3 heterocycles. The molecule has 4 aromatic rings. The Morgan fingerprint density at radius 3 is 2.58 bits per heavy atom. The van der Waals surface area contributed by atoms with Gasteiger partial charge >= 0.3 is 0 Å². The van der Waals surface area contributed by atoms with E-state index in [1.165, 1.54) is 0 Å². The van der Waals surface area contributed by atoms with Gasteiger partial charge in [-0.1, -0.05) is 12.1 Å². The number of fused-ring (bicyclic) bond motifs is 1. The van der Waals surface area contributed by atoms with Crippen molar-refractivity contribution in [1.29, 1.82) is 0 Å². The van der Waals surface area contributed by atoms with E-state index < -0.39 is 17.5 Å². The normalized spacial score (nSPS) is 15.4. The molecule has 9 heteroatoms. The number of benzene rings is 2. The molecule has 2 aromatic heterocycles. The van der Waals surface area contributed by atoms with E-state index in [0.717, 1.165) is 29.1 Å². The molecule has 1 aliphatic heterocycles. The minimum absolute atomic E-state index is 0.345. The van der Waals surface area contributed by atoms with E-state index in [0.29, 0.717) is 35.9 Å². The lowest BCUT2D eigenvalue weighted by Crippen LogP contribution is -2.02. The smallest absolute Gasteiger partial charge is 0.194 e. The van der Waals surface area contributed by atoms with Gasteiger partial charge in [0.1, 0.15) is 11.6 Å². The largest absolute Gasteiger partial charge is 0.495 e. The van der Waals surface area contributed by atoms with E-state index in [-0.39, 0.29) is 5.92 Å². The predicted octanol–water partition coefficient (Wildman–Crippen LogP) is 4.90. The number of aromatic nitrogens is 5. The highest BCUT2D eigenvalue weighted by Gasteiger charge is 2.29. The number of methoxy groups -OCH3 is 1. The summed E-state index contributed by atoms with van der Waals surface area (Å²) in [6.45, 7) is 2.48. The summed E-state index contributed by atoms with van der Waals surface area (Å²) >= 11 is 0. The van der Waals surface area contributed by atoms with E-state index in [2.05, 4.69) is 15.1 Å². The molecular formula is C24H20F3N5O. The quantitative estimate of drug-likeness (QED) is 0.405. The summed E-state index contributed by atoms with van der Waals surface area (Å²) in [6.07, 6.45) is 7.87. The maximum atomic E-state index is 13.7. The van der Waals surface area contributed by atoms with Crippen LogP contribution in [0.25, 0.3) is 17.8 Å². The van der Waals surface area contributed by atoms with Crippen molar-refractivity contribution >= 4 is 12.2 Å². The van der Waals surface area contributed by atoms with Crippen LogP contribution in [-0.2, 0) is 6.54 Å². The SMILES string of the molecule is COc1cc(C=Cc2nc3n(n2)CC[C@H]3c2cc(F)c(F)c(F)c2)ccc1-n1cnc(C)c1. The molecule has 1 aliphatic rings. The lowest BCUT2D eigenvalue weighted by Gasteiger charge is -2.10. The Bertz CT molecular complexity index is 1350. The first-order chi connectivity index (χ1) is 15.9. The Balaban J connectivity index is 1.39. The second-order valence-corrected chi connectivity index (χ2v) is 7.88. The summed E-state index contributed by atoms with van der Waals surface area (Å²) in [4.78, 5) is 8.79. The second kappa shape index (κ2) is 8.23. The third-order valence-electron chi connectivity index (χ3n) is 5.68. The predicted molar refractivity (Wildman–Crippen MR) is 117 cm³/mol. The fraction of sp³-hybridized carbons (Fsp3) is 0.208. The summed E-state index contributed by atoms with van der Waals surface area (Å²) in [6, 6.07) is 7.84. The summed E-state index contributed by atoms with van der Waals surface area (Å²) in [5.74, 6) is -2.45.